The monoisotopic (exact) mass is 295 g/mol. The zero-order chi connectivity index (χ0) is 14.0. The number of nitrogens with one attached hydrogen (secondary N) is 1. The Morgan fingerprint density at radius 2 is 2.32 bits per heavy atom. The van der Waals surface area contributed by atoms with Crippen molar-refractivity contribution in [2.24, 2.45) is 15.9 Å². The molecular weight excluding hydrogens is 286 g/mol. The van der Waals surface area contributed by atoms with E-state index in [0.29, 0.717) is 16.4 Å². The summed E-state index contributed by atoms with van der Waals surface area (Å²) < 4.78 is 0. The number of thiocarbonyl (C=S) groups is 1. The third-order valence-corrected chi connectivity index (χ3v) is 2.73. The Balaban J connectivity index is 2.19. The standard InChI is InChI=1S/C11H10ClN5OS/c1-6-9(10(18)17(16-6)11(13)19)15-14-8-4-2-3-7(12)5-8/h2-5,14H,1H3,(H2,13,19). The Bertz CT molecular complexity index is 613. The highest BCUT2D eigenvalue weighted by molar-refractivity contribution is 7.80. The Labute approximate surface area is 119 Å². The molecule has 0 saturated heterocycles. The summed E-state index contributed by atoms with van der Waals surface area (Å²) in [4.78, 5) is 11.9. The van der Waals surface area contributed by atoms with Crippen LogP contribution in [0.3, 0.4) is 0 Å². The lowest BCUT2D eigenvalue weighted by Crippen LogP contribution is -2.36. The van der Waals surface area contributed by atoms with Gasteiger partial charge in [0, 0.05) is 5.02 Å². The van der Waals surface area contributed by atoms with E-state index in [0.717, 1.165) is 5.01 Å². The lowest BCUT2D eigenvalue weighted by atomic mass is 10.2. The fourth-order valence-electron chi connectivity index (χ4n) is 1.45. The minimum Gasteiger partial charge on any atom is -0.374 e. The molecular formula is C11H10ClN5OS. The van der Waals surface area contributed by atoms with Gasteiger partial charge in [-0.05, 0) is 37.3 Å². The Morgan fingerprint density at radius 3 is 2.89 bits per heavy atom. The van der Waals surface area contributed by atoms with E-state index in [2.05, 4.69) is 15.6 Å². The number of hydrazone groups is 2. The van der Waals surface area contributed by atoms with E-state index in [1.54, 1.807) is 31.2 Å². The predicted molar refractivity (Wildman–Crippen MR) is 79.3 cm³/mol. The van der Waals surface area contributed by atoms with Crippen LogP contribution in [0.5, 0.6) is 0 Å². The zero-order valence-corrected chi connectivity index (χ0v) is 11.5. The minimum atomic E-state index is -0.459. The van der Waals surface area contributed by atoms with Crippen molar-refractivity contribution in [3.8, 4) is 0 Å². The van der Waals surface area contributed by atoms with Crippen LogP contribution in [-0.2, 0) is 4.79 Å². The summed E-state index contributed by atoms with van der Waals surface area (Å²) in [5.41, 5.74) is 9.37. The van der Waals surface area contributed by atoms with Gasteiger partial charge in [-0.1, -0.05) is 17.7 Å². The van der Waals surface area contributed by atoms with Crippen LogP contribution in [0.4, 0.5) is 5.69 Å². The van der Waals surface area contributed by atoms with Gasteiger partial charge in [0.05, 0.1) is 11.4 Å². The molecule has 0 spiro atoms. The van der Waals surface area contributed by atoms with E-state index in [1.807, 2.05) is 0 Å². The second-order valence-electron chi connectivity index (χ2n) is 3.72. The smallest absolute Gasteiger partial charge is 0.303 e. The van der Waals surface area contributed by atoms with Gasteiger partial charge in [0.1, 0.15) is 0 Å². The first-order valence-corrected chi connectivity index (χ1v) is 6.06. The topological polar surface area (TPSA) is 83.1 Å². The average molecular weight is 296 g/mol. The molecule has 2 rings (SSSR count). The first kappa shape index (κ1) is 13.4. The summed E-state index contributed by atoms with van der Waals surface area (Å²) in [5, 5.41) is 9.31. The van der Waals surface area contributed by atoms with E-state index in [4.69, 9.17) is 29.6 Å². The van der Waals surface area contributed by atoms with Gasteiger partial charge in [-0.25, -0.2) is 0 Å². The van der Waals surface area contributed by atoms with Gasteiger partial charge < -0.3 is 5.73 Å². The second kappa shape index (κ2) is 5.33. The quantitative estimate of drug-likeness (QED) is 0.641. The molecule has 98 valence electrons. The van der Waals surface area contributed by atoms with Crippen molar-refractivity contribution in [2.45, 2.75) is 6.92 Å². The third-order valence-electron chi connectivity index (χ3n) is 2.32. The van der Waals surface area contributed by atoms with Crippen molar-refractivity contribution >= 4 is 51.9 Å². The molecule has 0 fully saturated rings. The van der Waals surface area contributed by atoms with E-state index in [-0.39, 0.29) is 10.8 Å². The van der Waals surface area contributed by atoms with E-state index < -0.39 is 5.91 Å². The lowest BCUT2D eigenvalue weighted by Gasteiger charge is -2.07. The molecule has 0 atom stereocenters. The molecule has 1 amide bonds. The number of carbonyl (C=O) groups is 1. The first-order chi connectivity index (χ1) is 8.99. The summed E-state index contributed by atoms with van der Waals surface area (Å²) >= 11 is 10.6. The van der Waals surface area contributed by atoms with Crippen molar-refractivity contribution in [1.29, 1.82) is 0 Å². The number of hydrogen-bond acceptors (Lipinski definition) is 5. The van der Waals surface area contributed by atoms with Gasteiger partial charge in [-0.2, -0.15) is 15.2 Å². The van der Waals surface area contributed by atoms with Gasteiger partial charge in [0.25, 0.3) is 0 Å². The van der Waals surface area contributed by atoms with Crippen LogP contribution in [0.1, 0.15) is 6.92 Å². The van der Waals surface area contributed by atoms with Crippen LogP contribution in [0.15, 0.2) is 34.5 Å². The lowest BCUT2D eigenvalue weighted by molar-refractivity contribution is -0.119. The number of anilines is 1. The molecule has 0 unspecified atom stereocenters. The molecule has 1 aromatic rings. The molecule has 1 aliphatic rings. The molecule has 0 aliphatic carbocycles. The van der Waals surface area contributed by atoms with Crippen molar-refractivity contribution < 1.29 is 4.79 Å². The molecule has 19 heavy (non-hydrogen) atoms. The normalized spacial score (nSPS) is 16.7. The summed E-state index contributed by atoms with van der Waals surface area (Å²) in [6, 6.07) is 6.96. The Kier molecular flexibility index (Phi) is 3.77. The van der Waals surface area contributed by atoms with Gasteiger partial charge in [0.2, 0.25) is 0 Å². The fourth-order valence-corrected chi connectivity index (χ4v) is 1.77. The van der Waals surface area contributed by atoms with Crippen molar-refractivity contribution in [3.05, 3.63) is 29.3 Å². The molecule has 1 aromatic carbocycles. The van der Waals surface area contributed by atoms with Crippen LogP contribution < -0.4 is 11.2 Å². The predicted octanol–water partition coefficient (Wildman–Crippen LogP) is 1.57. The van der Waals surface area contributed by atoms with E-state index in [9.17, 15) is 4.79 Å². The summed E-state index contributed by atoms with van der Waals surface area (Å²) in [6.45, 7) is 1.65. The largest absolute Gasteiger partial charge is 0.374 e. The number of carbonyl (C=O) groups excluding carboxylic acids is 1. The number of benzene rings is 1. The maximum atomic E-state index is 11.9. The minimum absolute atomic E-state index is 0.114. The van der Waals surface area contributed by atoms with Gasteiger partial charge >= 0.3 is 5.91 Å². The molecule has 1 aliphatic heterocycles. The molecule has 0 aromatic heterocycles. The fraction of sp³-hybridized carbons (Fsp3) is 0.0909. The SMILES string of the molecule is CC1=NN(C(N)=S)C(=O)C1=NNc1cccc(Cl)c1. The van der Waals surface area contributed by atoms with Crippen molar-refractivity contribution in [1.82, 2.24) is 5.01 Å². The zero-order valence-electron chi connectivity index (χ0n) is 9.92. The van der Waals surface area contributed by atoms with Crippen molar-refractivity contribution in [2.75, 3.05) is 5.43 Å². The van der Waals surface area contributed by atoms with Gasteiger partial charge in [0.15, 0.2) is 10.8 Å². The second-order valence-corrected chi connectivity index (χ2v) is 4.58. The molecule has 0 saturated carbocycles. The van der Waals surface area contributed by atoms with Crippen LogP contribution >= 0.6 is 23.8 Å². The number of amides is 1. The summed E-state index contributed by atoms with van der Waals surface area (Å²) in [7, 11) is 0. The van der Waals surface area contributed by atoms with Crippen LogP contribution in [-0.4, -0.2) is 27.5 Å². The number of rotatable bonds is 2. The summed E-state index contributed by atoms with van der Waals surface area (Å²) in [5.74, 6) is -0.459. The molecule has 8 heteroatoms. The third kappa shape index (κ3) is 2.88. The summed E-state index contributed by atoms with van der Waals surface area (Å²) in [6.07, 6.45) is 0. The van der Waals surface area contributed by atoms with E-state index in [1.165, 1.54) is 0 Å². The highest BCUT2D eigenvalue weighted by Gasteiger charge is 2.31. The number of halogens is 1. The molecule has 0 bridgehead atoms. The van der Waals surface area contributed by atoms with Crippen LogP contribution in [0, 0.1) is 0 Å². The number of nitrogens with zero attached hydrogens (tertiary/aromatic N) is 3. The van der Waals surface area contributed by atoms with Crippen LogP contribution in [0.2, 0.25) is 5.02 Å². The number of hydrogen-bond donors (Lipinski definition) is 2. The maximum Gasteiger partial charge on any atom is 0.303 e. The Morgan fingerprint density at radius 1 is 1.58 bits per heavy atom. The van der Waals surface area contributed by atoms with Gasteiger partial charge in [-0.15, -0.1) is 0 Å². The highest BCUT2D eigenvalue weighted by Crippen LogP contribution is 2.15. The average Bonchev–Trinajstić information content (AvgIpc) is 2.63. The number of nitrogens with two attached hydrogens (primary N) is 1. The highest BCUT2D eigenvalue weighted by atomic mass is 35.5. The molecule has 1 heterocycles. The molecule has 0 radical (unpaired) electrons. The molecule has 3 N–H and O–H groups in total. The van der Waals surface area contributed by atoms with E-state index >= 15 is 0 Å². The Hall–Kier alpha value is -1.99. The first-order valence-electron chi connectivity index (χ1n) is 5.28. The van der Waals surface area contributed by atoms with Gasteiger partial charge in [-0.3, -0.25) is 10.2 Å². The van der Waals surface area contributed by atoms with Crippen molar-refractivity contribution in [3.63, 3.8) is 0 Å². The maximum absolute atomic E-state index is 11.9. The van der Waals surface area contributed by atoms with Crippen LogP contribution in [0.25, 0.3) is 0 Å². The molecule has 6 nitrogen and oxygen atoms in total.